The summed E-state index contributed by atoms with van der Waals surface area (Å²) in [7, 11) is 0. The van der Waals surface area contributed by atoms with E-state index in [1.54, 1.807) is 0 Å². The fourth-order valence-electron chi connectivity index (χ4n) is 10.1. The third-order valence-corrected chi connectivity index (χ3v) is 12.9. The van der Waals surface area contributed by atoms with Crippen molar-refractivity contribution in [2.75, 3.05) is 0 Å². The van der Waals surface area contributed by atoms with E-state index in [4.69, 9.17) is 0 Å². The first-order chi connectivity index (χ1) is 29.6. The van der Waals surface area contributed by atoms with Gasteiger partial charge in [0, 0.05) is 5.92 Å². The van der Waals surface area contributed by atoms with E-state index in [1.165, 1.54) is 107 Å². The molecule has 8 aromatic carbocycles. The topological polar surface area (TPSA) is 52.0 Å². The van der Waals surface area contributed by atoms with Crippen LogP contribution in [0, 0.1) is 6.92 Å². The lowest BCUT2D eigenvalue weighted by molar-refractivity contribution is 0.649. The maximum atomic E-state index is 4.00. The van der Waals surface area contributed by atoms with Crippen LogP contribution >= 0.6 is 0 Å². The molecule has 0 bridgehead atoms. The molecule has 0 aliphatic heterocycles. The van der Waals surface area contributed by atoms with Crippen molar-refractivity contribution in [3.8, 4) is 22.3 Å². The smallest absolute Gasteiger partial charge is 0.0719 e. The molecule has 3 aliphatic rings. The molecule has 0 radical (unpaired) electrons. The van der Waals surface area contributed by atoms with Crippen molar-refractivity contribution in [2.24, 2.45) is 11.7 Å². The van der Waals surface area contributed by atoms with Crippen LogP contribution in [-0.2, 0) is 11.8 Å². The van der Waals surface area contributed by atoms with Crippen molar-refractivity contribution in [2.45, 2.75) is 50.9 Å². The molecule has 0 amide bonds. The molecule has 2 nitrogen and oxygen atoms in total. The zero-order valence-corrected chi connectivity index (χ0v) is 34.6. The molecule has 0 heterocycles. The van der Waals surface area contributed by atoms with E-state index in [0.717, 1.165) is 12.8 Å². The summed E-state index contributed by atoms with van der Waals surface area (Å²) in [6, 6.07) is 68.2. The van der Waals surface area contributed by atoms with Gasteiger partial charge >= 0.3 is 0 Å². The van der Waals surface area contributed by atoms with Crippen molar-refractivity contribution < 1.29 is 0 Å². The molecule has 4 N–H and O–H groups in total. The first-order valence-electron chi connectivity index (χ1n) is 21.4. The number of aryl methyl sites for hydroxylation is 1. The summed E-state index contributed by atoms with van der Waals surface area (Å²) in [5.74, 6) is 8.40. The highest BCUT2D eigenvalue weighted by Crippen LogP contribution is 2.61. The number of allylic oxidation sites excluding steroid dienone is 4. The van der Waals surface area contributed by atoms with Crippen molar-refractivity contribution in [1.82, 2.24) is 0 Å². The van der Waals surface area contributed by atoms with E-state index in [9.17, 15) is 0 Å². The van der Waals surface area contributed by atoms with Crippen LogP contribution in [0.25, 0.3) is 38.6 Å². The Hall–Kier alpha value is -6.58. The van der Waals surface area contributed by atoms with Gasteiger partial charge in [-0.1, -0.05) is 201 Å². The van der Waals surface area contributed by atoms with Gasteiger partial charge in [0.25, 0.3) is 0 Å². The van der Waals surface area contributed by atoms with Gasteiger partial charge in [-0.05, 0) is 133 Å². The molecule has 60 heavy (non-hydrogen) atoms. The quantitative estimate of drug-likeness (QED) is 0.135. The lowest BCUT2D eigenvalue weighted by Crippen LogP contribution is -2.35. The number of fused-ring (bicyclic) bond motifs is 10. The van der Waals surface area contributed by atoms with Crippen molar-refractivity contribution in [3.63, 3.8) is 0 Å². The van der Waals surface area contributed by atoms with Gasteiger partial charge < -0.3 is 0 Å². The summed E-state index contributed by atoms with van der Waals surface area (Å²) in [6.07, 6.45) is 11.0. The molecule has 11 rings (SSSR count). The van der Waals surface area contributed by atoms with Gasteiger partial charge in [-0.3, -0.25) is 11.7 Å². The Bertz CT molecular complexity index is 2810. The van der Waals surface area contributed by atoms with Gasteiger partial charge in [0.15, 0.2) is 0 Å². The second-order valence-electron chi connectivity index (χ2n) is 16.3. The molecule has 0 fully saturated rings. The minimum Gasteiger partial charge on any atom is -0.274 e. The first-order valence-corrected chi connectivity index (χ1v) is 21.4. The molecule has 0 unspecified atom stereocenters. The van der Waals surface area contributed by atoms with Crippen molar-refractivity contribution >= 4 is 16.3 Å². The van der Waals surface area contributed by atoms with E-state index in [2.05, 4.69) is 226 Å². The first kappa shape index (κ1) is 38.9. The fourth-order valence-corrected chi connectivity index (χ4v) is 10.1. The largest absolute Gasteiger partial charge is 0.274 e. The maximum absolute atomic E-state index is 4.00. The van der Waals surface area contributed by atoms with Crippen LogP contribution in [0.15, 0.2) is 200 Å². The van der Waals surface area contributed by atoms with Gasteiger partial charge in [0.05, 0.1) is 5.41 Å². The maximum Gasteiger partial charge on any atom is 0.0719 e. The molecule has 0 saturated heterocycles. The van der Waals surface area contributed by atoms with Crippen LogP contribution in [0.1, 0.15) is 87.7 Å². The van der Waals surface area contributed by atoms with Gasteiger partial charge in [-0.2, -0.15) is 0 Å². The van der Waals surface area contributed by atoms with Gasteiger partial charge in [0.2, 0.25) is 0 Å². The highest BCUT2D eigenvalue weighted by atomic mass is 15.0. The summed E-state index contributed by atoms with van der Waals surface area (Å²) in [5.41, 5.74) is 20.3. The molecule has 0 saturated carbocycles. The standard InChI is InChI=1S/C45H34.C13H14.H4N2/c1-2-36-37-14-6-9-17-41(37)45(42-18-10-7-15-38(36)42)43-19-11-8-16-39(43)40-25-24-35(29-44(40)45)34-23-22-32-27-31(20-21-33(32)28-34)26-30-12-4-3-5-13-30;1-11-7-9-13(10-8-11)12-5-3-2-4-6-12;1-2/h3-25,27-29,36H,2,26H2,1H3;2-3,5,7-10H,4,6H2,1H3;1-2H2. The van der Waals surface area contributed by atoms with Crippen LogP contribution in [-0.4, -0.2) is 0 Å². The zero-order valence-electron chi connectivity index (χ0n) is 34.6. The van der Waals surface area contributed by atoms with Crippen LogP contribution < -0.4 is 11.7 Å². The summed E-state index contributed by atoms with van der Waals surface area (Å²) in [4.78, 5) is 0. The van der Waals surface area contributed by atoms with E-state index in [1.807, 2.05) is 0 Å². The van der Waals surface area contributed by atoms with Crippen LogP contribution in [0.2, 0.25) is 0 Å². The highest BCUT2D eigenvalue weighted by molar-refractivity contribution is 5.92. The second kappa shape index (κ2) is 17.0. The lowest BCUT2D eigenvalue weighted by atomic mass is 9.59. The second-order valence-corrected chi connectivity index (χ2v) is 16.3. The number of hydrogen-bond acceptors (Lipinski definition) is 2. The van der Waals surface area contributed by atoms with Gasteiger partial charge in [-0.25, -0.2) is 0 Å². The molecular formula is C58H52N2. The van der Waals surface area contributed by atoms with Crippen molar-refractivity contribution in [3.05, 3.63) is 256 Å². The summed E-state index contributed by atoms with van der Waals surface area (Å²) in [5, 5.41) is 2.57. The van der Waals surface area contributed by atoms with Gasteiger partial charge in [0.1, 0.15) is 0 Å². The Morgan fingerprint density at radius 3 is 1.80 bits per heavy atom. The number of rotatable bonds is 5. The number of benzene rings is 8. The summed E-state index contributed by atoms with van der Waals surface area (Å²) < 4.78 is 0. The number of hydrogen-bond donors (Lipinski definition) is 2. The average molecular weight is 777 g/mol. The predicted octanol–water partition coefficient (Wildman–Crippen LogP) is 13.9. The Balaban J connectivity index is 0.000000262. The molecule has 1 spiro atoms. The van der Waals surface area contributed by atoms with E-state index >= 15 is 0 Å². The third kappa shape index (κ3) is 6.92. The molecule has 294 valence electrons. The normalized spacial score (nSPS) is 16.6. The minimum atomic E-state index is -0.343. The number of hydrazine groups is 1. The SMILES string of the molecule is CCC1c2ccccc2C2(c3ccccc3-c3ccc(-c4ccc5cc(Cc6ccccc6)ccc5c4)cc32)c2ccccc21.Cc1ccc(C2=CC=CCC2)cc1.NN. The lowest BCUT2D eigenvalue weighted by Gasteiger charge is -2.43. The van der Waals surface area contributed by atoms with E-state index in [-0.39, 0.29) is 5.41 Å². The Morgan fingerprint density at radius 2 is 1.10 bits per heavy atom. The van der Waals surface area contributed by atoms with E-state index < -0.39 is 0 Å². The predicted molar refractivity (Wildman–Crippen MR) is 254 cm³/mol. The molecule has 3 aliphatic carbocycles. The summed E-state index contributed by atoms with van der Waals surface area (Å²) in [6.45, 7) is 4.45. The van der Waals surface area contributed by atoms with Crippen LogP contribution in [0.4, 0.5) is 0 Å². The fraction of sp³-hybridized carbons (Fsp3) is 0.138. The Morgan fingerprint density at radius 1 is 0.517 bits per heavy atom. The van der Waals surface area contributed by atoms with Crippen molar-refractivity contribution in [1.29, 1.82) is 0 Å². The Labute approximate surface area is 355 Å². The van der Waals surface area contributed by atoms with Crippen LogP contribution in [0.3, 0.4) is 0 Å². The zero-order chi connectivity index (χ0) is 41.1. The average Bonchev–Trinajstić information content (AvgIpc) is 3.61. The summed E-state index contributed by atoms with van der Waals surface area (Å²) >= 11 is 0. The third-order valence-electron chi connectivity index (χ3n) is 12.9. The molecule has 0 aromatic heterocycles. The Kier molecular flexibility index (Phi) is 11.0. The highest BCUT2D eigenvalue weighted by Gasteiger charge is 2.51. The molecule has 0 atom stereocenters. The van der Waals surface area contributed by atoms with E-state index in [0.29, 0.717) is 5.92 Å². The monoisotopic (exact) mass is 776 g/mol. The molecule has 8 aromatic rings. The molecular weight excluding hydrogens is 725 g/mol. The van der Waals surface area contributed by atoms with Gasteiger partial charge in [-0.15, -0.1) is 0 Å². The minimum absolute atomic E-state index is 0.343. The number of nitrogens with two attached hydrogens (primary N) is 2. The van der Waals surface area contributed by atoms with Crippen LogP contribution in [0.5, 0.6) is 0 Å². The molecule has 2 heteroatoms.